The Kier molecular flexibility index (Phi) is 17.0. The molecule has 1 unspecified atom stereocenters. The van der Waals surface area contributed by atoms with E-state index in [2.05, 4.69) is 28.8 Å². The first-order chi connectivity index (χ1) is 15.1. The van der Waals surface area contributed by atoms with Crippen LogP contribution in [0.25, 0.3) is 5.57 Å². The second-order valence-electron chi connectivity index (χ2n) is 7.22. The maximum atomic E-state index is 11.6. The summed E-state index contributed by atoms with van der Waals surface area (Å²) in [5.74, 6) is 0.625. The Balaban J connectivity index is 0.00000212. The highest BCUT2D eigenvalue weighted by molar-refractivity contribution is 6.99. The fourth-order valence-electron chi connectivity index (χ4n) is 2.99. The normalized spacial score (nSPS) is 17.3. The number of likely N-dealkylation sites (N-methyl/N-ethyl adjacent to an activating group) is 1. The van der Waals surface area contributed by atoms with E-state index in [4.69, 9.17) is 14.2 Å². The van der Waals surface area contributed by atoms with Gasteiger partial charge in [0.05, 0.1) is 38.5 Å². The number of carbonyl (C=O) groups is 1. The van der Waals surface area contributed by atoms with Crippen molar-refractivity contribution in [3.8, 4) is 5.88 Å². The van der Waals surface area contributed by atoms with E-state index < -0.39 is 6.16 Å². The third kappa shape index (κ3) is 11.5. The van der Waals surface area contributed by atoms with E-state index in [1.165, 1.54) is 31.0 Å². The van der Waals surface area contributed by atoms with Crippen molar-refractivity contribution in [2.24, 2.45) is 0 Å². The predicted molar refractivity (Wildman–Crippen MR) is 128 cm³/mol. The molecule has 0 fully saturated rings. The number of quaternary nitrogens is 1. The minimum atomic E-state index is -0.598. The molecular formula is C23H44N3O4S+. The zero-order valence-electron chi connectivity index (χ0n) is 20.7. The summed E-state index contributed by atoms with van der Waals surface area (Å²) in [4.78, 5) is 11.6. The molecular weight excluding hydrogens is 414 g/mol. The number of carbonyl (C=O) groups excluding carboxylic acids is 1. The molecule has 0 bridgehead atoms. The summed E-state index contributed by atoms with van der Waals surface area (Å²) in [7, 11) is 2.07. The maximum Gasteiger partial charge on any atom is 0.512 e. The lowest BCUT2D eigenvalue weighted by Gasteiger charge is -2.36. The topological polar surface area (TPSA) is 70.5 Å². The van der Waals surface area contributed by atoms with Crippen LogP contribution in [-0.2, 0) is 9.47 Å². The number of rotatable bonds is 11. The molecule has 1 aromatic rings. The minimum absolute atomic E-state index is 0.282. The van der Waals surface area contributed by atoms with Crippen molar-refractivity contribution in [1.82, 2.24) is 8.75 Å². The van der Waals surface area contributed by atoms with Crippen LogP contribution in [0.3, 0.4) is 0 Å². The van der Waals surface area contributed by atoms with Gasteiger partial charge in [0, 0.05) is 12.0 Å². The van der Waals surface area contributed by atoms with Gasteiger partial charge in [-0.25, -0.2) is 4.79 Å². The third-order valence-corrected chi connectivity index (χ3v) is 5.04. The van der Waals surface area contributed by atoms with Crippen LogP contribution in [0, 0.1) is 0 Å². The summed E-state index contributed by atoms with van der Waals surface area (Å²) < 4.78 is 25.5. The van der Waals surface area contributed by atoms with Crippen LogP contribution >= 0.6 is 11.7 Å². The van der Waals surface area contributed by atoms with Crippen LogP contribution < -0.4 is 4.74 Å². The van der Waals surface area contributed by atoms with Gasteiger partial charge in [-0.3, -0.25) is 4.48 Å². The second-order valence-corrected chi connectivity index (χ2v) is 7.75. The van der Waals surface area contributed by atoms with E-state index in [-0.39, 0.29) is 6.73 Å². The first-order valence-corrected chi connectivity index (χ1v) is 12.6. The first-order valence-electron chi connectivity index (χ1n) is 11.9. The second kappa shape index (κ2) is 18.0. The van der Waals surface area contributed by atoms with Gasteiger partial charge in [0.2, 0.25) is 6.73 Å². The van der Waals surface area contributed by atoms with Crippen LogP contribution in [0.1, 0.15) is 85.8 Å². The lowest BCUT2D eigenvalue weighted by atomic mass is 10.1. The van der Waals surface area contributed by atoms with E-state index in [0.29, 0.717) is 23.6 Å². The van der Waals surface area contributed by atoms with Crippen molar-refractivity contribution in [1.29, 1.82) is 0 Å². The summed E-state index contributed by atoms with van der Waals surface area (Å²) in [5, 5.41) is 0. The SMILES string of the molecule is CC.CC.CCCCCCOc1nsnc1C1=CCC[N+](C)(COC(=O)OCCC)C1. The largest absolute Gasteiger partial charge is 0.512 e. The van der Waals surface area contributed by atoms with Gasteiger partial charge in [-0.2, -0.15) is 4.37 Å². The summed E-state index contributed by atoms with van der Waals surface area (Å²) in [6, 6.07) is 0. The Morgan fingerprint density at radius 2 is 1.77 bits per heavy atom. The third-order valence-electron chi connectivity index (χ3n) is 4.53. The average Bonchev–Trinajstić information content (AvgIpc) is 3.27. The molecule has 180 valence electrons. The van der Waals surface area contributed by atoms with E-state index in [0.717, 1.165) is 43.6 Å². The molecule has 0 aliphatic carbocycles. The summed E-state index contributed by atoms with van der Waals surface area (Å²) in [6.07, 6.45) is 7.92. The lowest BCUT2D eigenvalue weighted by Crippen LogP contribution is -2.49. The number of nitrogens with zero attached hydrogens (tertiary/aromatic N) is 3. The van der Waals surface area contributed by atoms with Crippen LogP contribution in [-0.4, -0.2) is 59.5 Å². The molecule has 1 aliphatic rings. The van der Waals surface area contributed by atoms with Crippen LogP contribution in [0.5, 0.6) is 5.88 Å². The van der Waals surface area contributed by atoms with E-state index in [9.17, 15) is 4.79 Å². The highest BCUT2D eigenvalue weighted by Crippen LogP contribution is 2.30. The molecule has 31 heavy (non-hydrogen) atoms. The Labute approximate surface area is 193 Å². The van der Waals surface area contributed by atoms with Crippen molar-refractivity contribution in [3.63, 3.8) is 0 Å². The fraction of sp³-hybridized carbons (Fsp3) is 0.783. The average molecular weight is 459 g/mol. The fourth-order valence-corrected chi connectivity index (χ4v) is 3.52. The van der Waals surface area contributed by atoms with Crippen molar-refractivity contribution in [2.45, 2.75) is 80.1 Å². The van der Waals surface area contributed by atoms with Crippen LogP contribution in [0.2, 0.25) is 0 Å². The van der Waals surface area contributed by atoms with Crippen molar-refractivity contribution in [3.05, 3.63) is 11.8 Å². The Morgan fingerprint density at radius 3 is 2.45 bits per heavy atom. The molecule has 2 heterocycles. The molecule has 1 aromatic heterocycles. The van der Waals surface area contributed by atoms with Gasteiger partial charge < -0.3 is 14.2 Å². The van der Waals surface area contributed by atoms with Gasteiger partial charge in [0.15, 0.2) is 0 Å². The van der Waals surface area contributed by atoms with Crippen molar-refractivity contribution >= 4 is 23.5 Å². The summed E-state index contributed by atoms with van der Waals surface area (Å²) in [6.45, 7) is 15.1. The molecule has 0 saturated heterocycles. The van der Waals surface area contributed by atoms with Gasteiger partial charge in [0.25, 0.3) is 5.88 Å². The maximum absolute atomic E-state index is 11.6. The molecule has 0 N–H and O–H groups in total. The standard InChI is InChI=1S/C19H32N3O4S.2C2H6/c1-4-6-7-8-13-24-18-17(20-27-21-18)16-10-9-11-22(3,14-16)15-26-19(23)25-12-5-2;2*1-2/h10H,4-9,11-15H2,1-3H3;2*1-2H3/q+1;;. The van der Waals surface area contributed by atoms with Gasteiger partial charge in [-0.1, -0.05) is 66.9 Å². The van der Waals surface area contributed by atoms with Crippen LogP contribution in [0.4, 0.5) is 4.79 Å². The Bertz CT molecular complexity index is 622. The van der Waals surface area contributed by atoms with Crippen molar-refractivity contribution in [2.75, 3.05) is 40.1 Å². The molecule has 1 atom stereocenters. The number of hydrogen-bond acceptors (Lipinski definition) is 7. The highest BCUT2D eigenvalue weighted by Gasteiger charge is 2.31. The summed E-state index contributed by atoms with van der Waals surface area (Å²) >= 11 is 1.18. The van der Waals surface area contributed by atoms with Gasteiger partial charge in [-0.15, -0.1) is 4.37 Å². The van der Waals surface area contributed by atoms with Gasteiger partial charge >= 0.3 is 6.16 Å². The molecule has 2 rings (SSSR count). The number of hydrogen-bond donors (Lipinski definition) is 0. The molecule has 8 heteroatoms. The molecule has 1 aliphatic heterocycles. The Morgan fingerprint density at radius 1 is 1.03 bits per heavy atom. The molecule has 0 aromatic carbocycles. The van der Waals surface area contributed by atoms with Gasteiger partial charge in [0.1, 0.15) is 12.2 Å². The van der Waals surface area contributed by atoms with Gasteiger partial charge in [-0.05, 0) is 12.8 Å². The smallest absolute Gasteiger partial charge is 0.475 e. The molecule has 7 nitrogen and oxygen atoms in total. The Hall–Kier alpha value is -1.67. The van der Waals surface area contributed by atoms with E-state index in [1.54, 1.807) is 0 Å². The lowest BCUT2D eigenvalue weighted by molar-refractivity contribution is -0.919. The summed E-state index contributed by atoms with van der Waals surface area (Å²) in [5.41, 5.74) is 1.93. The van der Waals surface area contributed by atoms with E-state index in [1.807, 2.05) is 34.6 Å². The quantitative estimate of drug-likeness (QED) is 0.220. The molecule has 0 radical (unpaired) electrons. The molecule has 0 spiro atoms. The molecule has 0 amide bonds. The zero-order chi connectivity index (χ0) is 23.5. The first kappa shape index (κ1) is 29.3. The van der Waals surface area contributed by atoms with Crippen molar-refractivity contribution < 1.29 is 23.5 Å². The minimum Gasteiger partial charge on any atom is -0.475 e. The number of unbranched alkanes of at least 4 members (excludes halogenated alkanes) is 3. The highest BCUT2D eigenvalue weighted by atomic mass is 32.1. The number of aromatic nitrogens is 2. The van der Waals surface area contributed by atoms with E-state index >= 15 is 0 Å². The van der Waals surface area contributed by atoms with Crippen LogP contribution in [0.15, 0.2) is 6.08 Å². The molecule has 0 saturated carbocycles. The monoisotopic (exact) mass is 458 g/mol. The zero-order valence-corrected chi connectivity index (χ0v) is 21.6. The number of ether oxygens (including phenoxy) is 3. The predicted octanol–water partition coefficient (Wildman–Crippen LogP) is 6.30.